The van der Waals surface area contributed by atoms with Crippen LogP contribution in [0, 0.1) is 11.8 Å². The van der Waals surface area contributed by atoms with E-state index in [1.54, 1.807) is 0 Å². The molecule has 3 unspecified atom stereocenters. The summed E-state index contributed by atoms with van der Waals surface area (Å²) in [5.74, 6) is 2.19. The maximum atomic E-state index is 3.76. The molecule has 0 aromatic carbocycles. The highest BCUT2D eigenvalue weighted by molar-refractivity contribution is 5.09. The van der Waals surface area contributed by atoms with E-state index in [4.69, 9.17) is 0 Å². The van der Waals surface area contributed by atoms with Gasteiger partial charge in [0.2, 0.25) is 0 Å². The van der Waals surface area contributed by atoms with E-state index in [1.165, 1.54) is 45.1 Å². The monoisotopic (exact) mass is 151 g/mol. The summed E-state index contributed by atoms with van der Waals surface area (Å²) in [6.07, 6.45) is 9.00. The van der Waals surface area contributed by atoms with E-state index in [0.29, 0.717) is 5.54 Å². The second kappa shape index (κ2) is 2.01. The third-order valence-electron chi connectivity index (χ3n) is 4.37. The molecule has 1 N–H and O–H groups in total. The molecule has 0 radical (unpaired) electrons. The minimum Gasteiger partial charge on any atom is -0.311 e. The summed E-state index contributed by atoms with van der Waals surface area (Å²) in [5, 5.41) is 3.76. The zero-order valence-corrected chi connectivity index (χ0v) is 7.10. The van der Waals surface area contributed by atoms with Gasteiger partial charge in [-0.2, -0.15) is 0 Å². The van der Waals surface area contributed by atoms with Crippen LogP contribution in [-0.2, 0) is 0 Å². The van der Waals surface area contributed by atoms with Crippen molar-refractivity contribution in [2.45, 2.75) is 44.1 Å². The zero-order valence-electron chi connectivity index (χ0n) is 7.10. The zero-order chi connectivity index (χ0) is 7.31. The van der Waals surface area contributed by atoms with Crippen LogP contribution < -0.4 is 5.32 Å². The van der Waals surface area contributed by atoms with E-state index in [0.717, 1.165) is 11.8 Å². The first-order chi connectivity index (χ1) is 5.41. The van der Waals surface area contributed by atoms with Gasteiger partial charge in [0.15, 0.2) is 0 Å². The molecule has 0 aromatic rings. The molecule has 2 aliphatic carbocycles. The quantitative estimate of drug-likeness (QED) is 0.558. The topological polar surface area (TPSA) is 12.0 Å². The largest absolute Gasteiger partial charge is 0.311 e. The number of rotatable bonds is 0. The second-order valence-electron chi connectivity index (χ2n) is 4.67. The minimum atomic E-state index is 0.656. The summed E-state index contributed by atoms with van der Waals surface area (Å²) < 4.78 is 0. The van der Waals surface area contributed by atoms with Crippen molar-refractivity contribution >= 4 is 0 Å². The molecule has 0 aromatic heterocycles. The molecule has 62 valence electrons. The summed E-state index contributed by atoms with van der Waals surface area (Å²) >= 11 is 0. The van der Waals surface area contributed by atoms with E-state index in [2.05, 4.69) is 5.32 Å². The first-order valence-electron chi connectivity index (χ1n) is 5.16. The molecule has 3 aliphatic rings. The van der Waals surface area contributed by atoms with Gasteiger partial charge < -0.3 is 5.32 Å². The molecule has 2 saturated carbocycles. The molecule has 0 spiro atoms. The average Bonchev–Trinajstić information content (AvgIpc) is 2.47. The van der Waals surface area contributed by atoms with Gasteiger partial charge in [-0.3, -0.25) is 0 Å². The lowest BCUT2D eigenvalue weighted by Gasteiger charge is -2.35. The molecule has 3 atom stereocenters. The Hall–Kier alpha value is -0.0400. The molecular weight excluding hydrogens is 134 g/mol. The molecule has 1 heterocycles. The SMILES string of the molecule is C1CC2CCC3(C1)NCCC23. The first-order valence-corrected chi connectivity index (χ1v) is 5.16. The molecule has 3 rings (SSSR count). The van der Waals surface area contributed by atoms with Gasteiger partial charge in [0.05, 0.1) is 0 Å². The molecule has 1 nitrogen and oxygen atoms in total. The first kappa shape index (κ1) is 6.47. The van der Waals surface area contributed by atoms with Crippen molar-refractivity contribution in [3.63, 3.8) is 0 Å². The van der Waals surface area contributed by atoms with E-state index in [-0.39, 0.29) is 0 Å². The normalized spacial score (nSPS) is 54.5. The fraction of sp³-hybridized carbons (Fsp3) is 1.00. The van der Waals surface area contributed by atoms with Gasteiger partial charge in [0, 0.05) is 5.54 Å². The number of hydrogen-bond donors (Lipinski definition) is 1. The van der Waals surface area contributed by atoms with Crippen molar-refractivity contribution in [3.05, 3.63) is 0 Å². The lowest BCUT2D eigenvalue weighted by molar-refractivity contribution is 0.202. The van der Waals surface area contributed by atoms with E-state index in [9.17, 15) is 0 Å². The van der Waals surface area contributed by atoms with Crippen molar-refractivity contribution in [1.82, 2.24) is 5.32 Å². The smallest absolute Gasteiger partial charge is 0.0212 e. The van der Waals surface area contributed by atoms with Crippen LogP contribution in [0.2, 0.25) is 0 Å². The summed E-state index contributed by atoms with van der Waals surface area (Å²) in [5.41, 5.74) is 0.656. The highest BCUT2D eigenvalue weighted by Crippen LogP contribution is 2.53. The molecule has 1 heteroatoms. The Morgan fingerprint density at radius 3 is 3.00 bits per heavy atom. The van der Waals surface area contributed by atoms with Gasteiger partial charge in [-0.1, -0.05) is 12.8 Å². The lowest BCUT2D eigenvalue weighted by atomic mass is 9.74. The van der Waals surface area contributed by atoms with Crippen LogP contribution in [-0.4, -0.2) is 12.1 Å². The van der Waals surface area contributed by atoms with Gasteiger partial charge in [-0.25, -0.2) is 0 Å². The van der Waals surface area contributed by atoms with Crippen LogP contribution in [0.3, 0.4) is 0 Å². The summed E-state index contributed by atoms with van der Waals surface area (Å²) in [7, 11) is 0. The van der Waals surface area contributed by atoms with Gasteiger partial charge >= 0.3 is 0 Å². The van der Waals surface area contributed by atoms with E-state index >= 15 is 0 Å². The highest BCUT2D eigenvalue weighted by Gasteiger charge is 2.52. The Labute approximate surface area is 68.6 Å². The second-order valence-corrected chi connectivity index (χ2v) is 4.67. The summed E-state index contributed by atoms with van der Waals surface area (Å²) in [6, 6.07) is 0. The van der Waals surface area contributed by atoms with Crippen LogP contribution in [0.5, 0.6) is 0 Å². The lowest BCUT2D eigenvalue weighted by Crippen LogP contribution is -2.44. The van der Waals surface area contributed by atoms with Crippen LogP contribution in [0.1, 0.15) is 38.5 Å². The van der Waals surface area contributed by atoms with Crippen LogP contribution in [0.15, 0.2) is 0 Å². The Morgan fingerprint density at radius 1 is 1.09 bits per heavy atom. The predicted molar refractivity (Wildman–Crippen MR) is 45.4 cm³/mol. The van der Waals surface area contributed by atoms with Crippen LogP contribution in [0.4, 0.5) is 0 Å². The Morgan fingerprint density at radius 2 is 2.09 bits per heavy atom. The van der Waals surface area contributed by atoms with Gasteiger partial charge in [-0.15, -0.1) is 0 Å². The van der Waals surface area contributed by atoms with Crippen LogP contribution in [0.25, 0.3) is 0 Å². The molecule has 3 fully saturated rings. The molecule has 0 amide bonds. The van der Waals surface area contributed by atoms with Crippen molar-refractivity contribution in [2.24, 2.45) is 11.8 Å². The molecule has 2 bridgehead atoms. The standard InChI is InChI=1S/C10H17N/c1-2-8-3-6-10(5-1)9(8)4-7-11-10/h8-9,11H,1-7H2. The highest BCUT2D eigenvalue weighted by atomic mass is 15.0. The van der Waals surface area contributed by atoms with Gasteiger partial charge in [-0.05, 0) is 44.1 Å². The molecule has 1 aliphatic heterocycles. The minimum absolute atomic E-state index is 0.656. The third kappa shape index (κ3) is 0.703. The van der Waals surface area contributed by atoms with Crippen molar-refractivity contribution in [2.75, 3.05) is 6.54 Å². The molecule has 1 saturated heterocycles. The van der Waals surface area contributed by atoms with Crippen molar-refractivity contribution in [3.8, 4) is 0 Å². The van der Waals surface area contributed by atoms with Crippen molar-refractivity contribution in [1.29, 1.82) is 0 Å². The Balaban J connectivity index is 1.97. The van der Waals surface area contributed by atoms with Gasteiger partial charge in [0.1, 0.15) is 0 Å². The predicted octanol–water partition coefficient (Wildman–Crippen LogP) is 1.93. The molecule has 11 heavy (non-hydrogen) atoms. The fourth-order valence-corrected chi connectivity index (χ4v) is 3.91. The van der Waals surface area contributed by atoms with E-state index in [1.807, 2.05) is 0 Å². The third-order valence-corrected chi connectivity index (χ3v) is 4.37. The van der Waals surface area contributed by atoms with E-state index < -0.39 is 0 Å². The maximum Gasteiger partial charge on any atom is 0.0212 e. The average molecular weight is 151 g/mol. The summed E-state index contributed by atoms with van der Waals surface area (Å²) in [6.45, 7) is 1.31. The Kier molecular flexibility index (Phi) is 1.18. The van der Waals surface area contributed by atoms with Gasteiger partial charge in [0.25, 0.3) is 0 Å². The van der Waals surface area contributed by atoms with Crippen LogP contribution >= 0.6 is 0 Å². The summed E-state index contributed by atoms with van der Waals surface area (Å²) in [4.78, 5) is 0. The fourth-order valence-electron chi connectivity index (χ4n) is 3.91. The van der Waals surface area contributed by atoms with Crippen molar-refractivity contribution < 1.29 is 0 Å². The maximum absolute atomic E-state index is 3.76. The molecular formula is C10H17N. The number of nitrogens with one attached hydrogen (secondary N) is 1. The Bertz CT molecular complexity index is 174. The number of hydrogen-bond acceptors (Lipinski definition) is 1.